The molecule has 88 valence electrons. The van der Waals surface area contributed by atoms with Crippen LogP contribution >= 0.6 is 11.3 Å². The van der Waals surface area contributed by atoms with Crippen molar-refractivity contribution in [3.05, 3.63) is 46.7 Å². The molecule has 2 N–H and O–H groups in total. The van der Waals surface area contributed by atoms with Crippen molar-refractivity contribution < 1.29 is 9.47 Å². The minimum Gasteiger partial charge on any atom is -0.486 e. The van der Waals surface area contributed by atoms with Crippen molar-refractivity contribution in [3.8, 4) is 11.5 Å². The fourth-order valence-electron chi connectivity index (χ4n) is 1.88. The number of nitrogens with two attached hydrogens (primary N) is 1. The molecule has 1 aromatic carbocycles. The first kappa shape index (κ1) is 10.6. The quantitative estimate of drug-likeness (QED) is 0.887. The average molecular weight is 247 g/mol. The average Bonchev–Trinajstić information content (AvgIpc) is 2.91. The van der Waals surface area contributed by atoms with Crippen molar-refractivity contribution in [3.63, 3.8) is 0 Å². The molecule has 1 aliphatic rings. The number of thiophene rings is 1. The number of para-hydroxylation sites is 2. The zero-order chi connectivity index (χ0) is 11.7. The van der Waals surface area contributed by atoms with Crippen LogP contribution in [-0.4, -0.2) is 12.7 Å². The van der Waals surface area contributed by atoms with Gasteiger partial charge in [-0.2, -0.15) is 0 Å². The van der Waals surface area contributed by atoms with Crippen LogP contribution in [0, 0.1) is 0 Å². The Labute approximate surface area is 104 Å². The zero-order valence-electron chi connectivity index (χ0n) is 9.21. The molecule has 17 heavy (non-hydrogen) atoms. The molecule has 2 aromatic rings. The summed E-state index contributed by atoms with van der Waals surface area (Å²) in [6.07, 6.45) is -0.122. The molecule has 0 radical (unpaired) electrons. The molecule has 2 heterocycles. The standard InChI is InChI=1S/C13H13NO2S/c14-13(12-6-3-7-17-12)11-8-15-9-4-1-2-5-10(9)16-11/h1-7,11,13H,8,14H2. The lowest BCUT2D eigenvalue weighted by Gasteiger charge is -2.29. The lowest BCUT2D eigenvalue weighted by molar-refractivity contribution is 0.0729. The Bertz CT molecular complexity index is 498. The Morgan fingerprint density at radius 2 is 2.00 bits per heavy atom. The summed E-state index contributed by atoms with van der Waals surface area (Å²) in [6.45, 7) is 0.496. The zero-order valence-corrected chi connectivity index (χ0v) is 10.0. The van der Waals surface area contributed by atoms with E-state index < -0.39 is 0 Å². The van der Waals surface area contributed by atoms with E-state index in [2.05, 4.69) is 0 Å². The summed E-state index contributed by atoms with van der Waals surface area (Å²) >= 11 is 1.65. The number of ether oxygens (including phenoxy) is 2. The van der Waals surface area contributed by atoms with Gasteiger partial charge in [-0.25, -0.2) is 0 Å². The SMILES string of the molecule is NC(c1cccs1)C1COc2ccccc2O1. The monoisotopic (exact) mass is 247 g/mol. The second kappa shape index (κ2) is 4.39. The number of rotatable bonds is 2. The van der Waals surface area contributed by atoms with E-state index in [4.69, 9.17) is 15.2 Å². The molecule has 0 amide bonds. The van der Waals surface area contributed by atoms with Crippen molar-refractivity contribution in [1.82, 2.24) is 0 Å². The first-order valence-corrected chi connectivity index (χ1v) is 6.40. The summed E-state index contributed by atoms with van der Waals surface area (Å²) in [5, 5.41) is 2.02. The Morgan fingerprint density at radius 1 is 1.18 bits per heavy atom. The predicted octanol–water partition coefficient (Wildman–Crippen LogP) is 2.59. The van der Waals surface area contributed by atoms with E-state index in [9.17, 15) is 0 Å². The van der Waals surface area contributed by atoms with E-state index in [1.54, 1.807) is 11.3 Å². The number of hydrogen-bond acceptors (Lipinski definition) is 4. The molecule has 4 heteroatoms. The van der Waals surface area contributed by atoms with Crippen molar-refractivity contribution in [1.29, 1.82) is 0 Å². The minimum absolute atomic E-state index is 0.122. The molecule has 2 atom stereocenters. The molecule has 0 fully saturated rings. The van der Waals surface area contributed by atoms with Crippen molar-refractivity contribution >= 4 is 11.3 Å². The second-order valence-electron chi connectivity index (χ2n) is 3.96. The maximum Gasteiger partial charge on any atom is 0.161 e. The van der Waals surface area contributed by atoms with Crippen molar-refractivity contribution in [2.45, 2.75) is 12.1 Å². The van der Waals surface area contributed by atoms with Crippen LogP contribution in [-0.2, 0) is 0 Å². The Balaban J connectivity index is 1.80. The van der Waals surface area contributed by atoms with Gasteiger partial charge < -0.3 is 15.2 Å². The van der Waals surface area contributed by atoms with Crippen LogP contribution in [0.2, 0.25) is 0 Å². The van der Waals surface area contributed by atoms with Gasteiger partial charge in [-0.3, -0.25) is 0 Å². The summed E-state index contributed by atoms with van der Waals surface area (Å²) in [6, 6.07) is 11.6. The number of hydrogen-bond donors (Lipinski definition) is 1. The molecule has 1 aliphatic heterocycles. The first-order valence-electron chi connectivity index (χ1n) is 5.52. The van der Waals surface area contributed by atoms with Crippen molar-refractivity contribution in [2.24, 2.45) is 5.73 Å². The third-order valence-electron chi connectivity index (χ3n) is 2.80. The van der Waals surface area contributed by atoms with Gasteiger partial charge in [-0.15, -0.1) is 11.3 Å². The molecule has 0 bridgehead atoms. The van der Waals surface area contributed by atoms with E-state index >= 15 is 0 Å². The summed E-state index contributed by atoms with van der Waals surface area (Å²) in [5.41, 5.74) is 6.18. The van der Waals surface area contributed by atoms with E-state index in [-0.39, 0.29) is 12.1 Å². The molecular weight excluding hydrogens is 234 g/mol. The van der Waals surface area contributed by atoms with Gasteiger partial charge in [0.05, 0.1) is 6.04 Å². The predicted molar refractivity (Wildman–Crippen MR) is 67.6 cm³/mol. The van der Waals surface area contributed by atoms with E-state index in [0.717, 1.165) is 16.4 Å². The molecular formula is C13H13NO2S. The van der Waals surface area contributed by atoms with Crippen molar-refractivity contribution in [2.75, 3.05) is 6.61 Å². The molecule has 1 aromatic heterocycles. The van der Waals surface area contributed by atoms with Gasteiger partial charge in [-0.05, 0) is 23.6 Å². The fraction of sp³-hybridized carbons (Fsp3) is 0.231. The van der Waals surface area contributed by atoms with Gasteiger partial charge >= 0.3 is 0 Å². The second-order valence-corrected chi connectivity index (χ2v) is 4.93. The highest BCUT2D eigenvalue weighted by Crippen LogP contribution is 2.34. The number of benzene rings is 1. The van der Waals surface area contributed by atoms with Gasteiger partial charge in [0.1, 0.15) is 6.61 Å². The highest BCUT2D eigenvalue weighted by Gasteiger charge is 2.27. The molecule has 2 unspecified atom stereocenters. The minimum atomic E-state index is -0.136. The maximum absolute atomic E-state index is 6.18. The third kappa shape index (κ3) is 2.01. The van der Waals surface area contributed by atoms with Gasteiger partial charge in [-0.1, -0.05) is 18.2 Å². The Morgan fingerprint density at radius 3 is 2.76 bits per heavy atom. The van der Waals surface area contributed by atoms with Crippen LogP contribution in [0.5, 0.6) is 11.5 Å². The Kier molecular flexibility index (Phi) is 2.74. The first-order chi connectivity index (χ1) is 8.34. The largest absolute Gasteiger partial charge is 0.486 e. The molecule has 0 saturated heterocycles. The maximum atomic E-state index is 6.18. The van der Waals surface area contributed by atoms with Crippen LogP contribution in [0.25, 0.3) is 0 Å². The summed E-state index contributed by atoms with van der Waals surface area (Å²) in [5.74, 6) is 1.57. The van der Waals surface area contributed by atoms with E-state index in [1.807, 2.05) is 41.8 Å². The van der Waals surface area contributed by atoms with Crippen LogP contribution in [0.15, 0.2) is 41.8 Å². The molecule has 0 saturated carbocycles. The summed E-state index contributed by atoms with van der Waals surface area (Å²) in [7, 11) is 0. The van der Waals surface area contributed by atoms with Gasteiger partial charge in [0.2, 0.25) is 0 Å². The summed E-state index contributed by atoms with van der Waals surface area (Å²) < 4.78 is 11.5. The van der Waals surface area contributed by atoms with Gasteiger partial charge in [0, 0.05) is 4.88 Å². The normalized spacial score (nSPS) is 19.9. The molecule has 0 spiro atoms. The molecule has 3 nitrogen and oxygen atoms in total. The van der Waals surface area contributed by atoms with Crippen LogP contribution in [0.1, 0.15) is 10.9 Å². The lowest BCUT2D eigenvalue weighted by atomic mass is 10.1. The smallest absolute Gasteiger partial charge is 0.161 e. The van der Waals surface area contributed by atoms with E-state index in [0.29, 0.717) is 6.61 Å². The summed E-state index contributed by atoms with van der Waals surface area (Å²) in [4.78, 5) is 1.12. The number of fused-ring (bicyclic) bond motifs is 1. The van der Waals surface area contributed by atoms with Crippen LogP contribution in [0.3, 0.4) is 0 Å². The van der Waals surface area contributed by atoms with Gasteiger partial charge in [0.15, 0.2) is 17.6 Å². The molecule has 0 aliphatic carbocycles. The van der Waals surface area contributed by atoms with E-state index in [1.165, 1.54) is 0 Å². The fourth-order valence-corrected chi connectivity index (χ4v) is 2.66. The lowest BCUT2D eigenvalue weighted by Crippen LogP contribution is -2.38. The topological polar surface area (TPSA) is 44.5 Å². The molecule has 3 rings (SSSR count). The van der Waals surface area contributed by atoms with Gasteiger partial charge in [0.25, 0.3) is 0 Å². The highest BCUT2D eigenvalue weighted by atomic mass is 32.1. The van der Waals surface area contributed by atoms with Crippen LogP contribution in [0.4, 0.5) is 0 Å². The highest BCUT2D eigenvalue weighted by molar-refractivity contribution is 7.10. The van der Waals surface area contributed by atoms with Crippen LogP contribution < -0.4 is 15.2 Å². The third-order valence-corrected chi connectivity index (χ3v) is 3.78. The Hall–Kier alpha value is -1.52.